The van der Waals surface area contributed by atoms with Crippen molar-refractivity contribution in [1.82, 2.24) is 0 Å². The molecule has 1 aromatic rings. The third-order valence-corrected chi connectivity index (χ3v) is 4.10. The van der Waals surface area contributed by atoms with Gasteiger partial charge in [0.15, 0.2) is 6.29 Å². The Bertz CT molecular complexity index is 482. The Morgan fingerprint density at radius 1 is 1.42 bits per heavy atom. The normalized spacial score (nSPS) is 24.8. The lowest BCUT2D eigenvalue weighted by Gasteiger charge is -2.46. The van der Waals surface area contributed by atoms with Gasteiger partial charge in [-0.3, -0.25) is 4.79 Å². The molecule has 1 unspecified atom stereocenters. The van der Waals surface area contributed by atoms with E-state index in [4.69, 9.17) is 9.47 Å². The SMILES string of the molecule is O=Cc1cc(F)ccc1OC1CCOC2(CCC2)C1. The molecule has 19 heavy (non-hydrogen) atoms. The summed E-state index contributed by atoms with van der Waals surface area (Å²) in [7, 11) is 0. The van der Waals surface area contributed by atoms with Gasteiger partial charge in [0.05, 0.1) is 17.8 Å². The van der Waals surface area contributed by atoms with Crippen LogP contribution in [0, 0.1) is 5.82 Å². The van der Waals surface area contributed by atoms with Crippen molar-refractivity contribution in [3.63, 3.8) is 0 Å². The van der Waals surface area contributed by atoms with E-state index in [2.05, 4.69) is 0 Å². The molecule has 102 valence electrons. The third kappa shape index (κ3) is 2.50. The van der Waals surface area contributed by atoms with Crippen molar-refractivity contribution in [3.8, 4) is 5.75 Å². The van der Waals surface area contributed by atoms with E-state index in [0.29, 0.717) is 18.6 Å². The minimum absolute atomic E-state index is 0.00426. The molecule has 0 bridgehead atoms. The second kappa shape index (κ2) is 4.93. The maximum absolute atomic E-state index is 13.1. The van der Waals surface area contributed by atoms with E-state index in [1.54, 1.807) is 0 Å². The van der Waals surface area contributed by atoms with Crippen molar-refractivity contribution in [3.05, 3.63) is 29.6 Å². The molecule has 3 rings (SSSR count). The Kier molecular flexibility index (Phi) is 3.27. The standard InChI is InChI=1S/C15H17FO3/c16-12-2-3-14(11(8-12)10-17)19-13-4-7-18-15(9-13)5-1-6-15/h2-3,8,10,13H,1,4-7,9H2. The van der Waals surface area contributed by atoms with Gasteiger partial charge in [-0.15, -0.1) is 0 Å². The van der Waals surface area contributed by atoms with Crippen LogP contribution < -0.4 is 4.74 Å². The summed E-state index contributed by atoms with van der Waals surface area (Å²) in [5.74, 6) is 0.0506. The van der Waals surface area contributed by atoms with E-state index in [1.807, 2.05) is 0 Å². The number of benzene rings is 1. The lowest BCUT2D eigenvalue weighted by Crippen LogP contribution is -2.48. The minimum atomic E-state index is -0.420. The van der Waals surface area contributed by atoms with Crippen molar-refractivity contribution in [2.75, 3.05) is 6.61 Å². The number of halogens is 1. The number of aldehydes is 1. The first-order valence-electron chi connectivity index (χ1n) is 6.76. The minimum Gasteiger partial charge on any atom is -0.489 e. The average molecular weight is 264 g/mol. The third-order valence-electron chi connectivity index (χ3n) is 4.10. The summed E-state index contributed by atoms with van der Waals surface area (Å²) in [6.07, 6.45) is 5.77. The molecule has 1 saturated heterocycles. The van der Waals surface area contributed by atoms with Gasteiger partial charge in [0, 0.05) is 12.8 Å². The smallest absolute Gasteiger partial charge is 0.153 e. The van der Waals surface area contributed by atoms with Crippen LogP contribution in [0.2, 0.25) is 0 Å². The van der Waals surface area contributed by atoms with E-state index >= 15 is 0 Å². The lowest BCUT2D eigenvalue weighted by molar-refractivity contribution is -0.153. The first-order chi connectivity index (χ1) is 9.21. The Hall–Kier alpha value is -1.42. The van der Waals surface area contributed by atoms with Crippen LogP contribution in [0.15, 0.2) is 18.2 Å². The number of hydrogen-bond acceptors (Lipinski definition) is 3. The molecule has 4 heteroatoms. The van der Waals surface area contributed by atoms with Crippen LogP contribution in [-0.2, 0) is 4.74 Å². The summed E-state index contributed by atoms with van der Waals surface area (Å²) in [6, 6.07) is 4.06. The van der Waals surface area contributed by atoms with Gasteiger partial charge < -0.3 is 9.47 Å². The molecule has 1 atom stereocenters. The molecule has 0 amide bonds. The van der Waals surface area contributed by atoms with Gasteiger partial charge in [-0.1, -0.05) is 0 Å². The second-order valence-corrected chi connectivity index (χ2v) is 5.42. The molecule has 0 radical (unpaired) electrons. The van der Waals surface area contributed by atoms with E-state index in [1.165, 1.54) is 24.6 Å². The summed E-state index contributed by atoms with van der Waals surface area (Å²) < 4.78 is 24.8. The van der Waals surface area contributed by atoms with Gasteiger partial charge in [0.2, 0.25) is 0 Å². The van der Waals surface area contributed by atoms with Crippen molar-refractivity contribution in [2.24, 2.45) is 0 Å². The fourth-order valence-corrected chi connectivity index (χ4v) is 2.90. The van der Waals surface area contributed by atoms with Crippen LogP contribution in [0.3, 0.4) is 0 Å². The molecule has 1 aromatic carbocycles. The van der Waals surface area contributed by atoms with Gasteiger partial charge in [-0.2, -0.15) is 0 Å². The Labute approximate surface area is 111 Å². The zero-order chi connectivity index (χ0) is 13.3. The fraction of sp³-hybridized carbons (Fsp3) is 0.533. The molecule has 1 saturated carbocycles. The fourth-order valence-electron chi connectivity index (χ4n) is 2.90. The van der Waals surface area contributed by atoms with Crippen LogP contribution >= 0.6 is 0 Å². The van der Waals surface area contributed by atoms with E-state index < -0.39 is 5.82 Å². The molecule has 2 fully saturated rings. The largest absolute Gasteiger partial charge is 0.489 e. The quantitative estimate of drug-likeness (QED) is 0.787. The zero-order valence-electron chi connectivity index (χ0n) is 10.7. The van der Waals surface area contributed by atoms with Crippen LogP contribution in [-0.4, -0.2) is 24.6 Å². The topological polar surface area (TPSA) is 35.5 Å². The van der Waals surface area contributed by atoms with Crippen LogP contribution in [0.5, 0.6) is 5.75 Å². The Morgan fingerprint density at radius 2 is 2.26 bits per heavy atom. The molecule has 1 heterocycles. The molecule has 0 aromatic heterocycles. The number of carbonyl (C=O) groups excluding carboxylic acids is 1. The van der Waals surface area contributed by atoms with Gasteiger partial charge in [0.1, 0.15) is 17.7 Å². The lowest BCUT2D eigenvalue weighted by atomic mass is 9.74. The van der Waals surface area contributed by atoms with Crippen LogP contribution in [0.1, 0.15) is 42.5 Å². The highest BCUT2D eigenvalue weighted by Crippen LogP contribution is 2.43. The first kappa shape index (κ1) is 12.6. The molecule has 1 aliphatic heterocycles. The summed E-state index contributed by atoms with van der Waals surface area (Å²) in [5.41, 5.74) is 0.277. The molecule has 1 spiro atoms. The van der Waals surface area contributed by atoms with E-state index in [9.17, 15) is 9.18 Å². The maximum Gasteiger partial charge on any atom is 0.153 e. The van der Waals surface area contributed by atoms with Crippen molar-refractivity contribution >= 4 is 6.29 Å². The number of carbonyl (C=O) groups is 1. The summed E-state index contributed by atoms with van der Waals surface area (Å²) in [4.78, 5) is 10.9. The second-order valence-electron chi connectivity index (χ2n) is 5.42. The van der Waals surface area contributed by atoms with Crippen molar-refractivity contribution in [1.29, 1.82) is 0 Å². The summed E-state index contributed by atoms with van der Waals surface area (Å²) >= 11 is 0. The van der Waals surface area contributed by atoms with Gasteiger partial charge in [-0.05, 0) is 37.5 Å². The van der Waals surface area contributed by atoms with Crippen LogP contribution in [0.4, 0.5) is 4.39 Å². The monoisotopic (exact) mass is 264 g/mol. The highest BCUT2D eigenvalue weighted by molar-refractivity contribution is 5.79. The number of ether oxygens (including phenoxy) is 2. The van der Waals surface area contributed by atoms with E-state index in [-0.39, 0.29) is 17.3 Å². The maximum atomic E-state index is 13.1. The Balaban J connectivity index is 1.72. The highest BCUT2D eigenvalue weighted by Gasteiger charge is 2.43. The predicted molar refractivity (Wildman–Crippen MR) is 68.0 cm³/mol. The molecular weight excluding hydrogens is 247 g/mol. The van der Waals surface area contributed by atoms with Crippen molar-refractivity contribution < 1.29 is 18.7 Å². The predicted octanol–water partition coefficient (Wildman–Crippen LogP) is 3.12. The molecular formula is C15H17FO3. The first-order valence-corrected chi connectivity index (χ1v) is 6.76. The Morgan fingerprint density at radius 3 is 2.95 bits per heavy atom. The van der Waals surface area contributed by atoms with Gasteiger partial charge in [-0.25, -0.2) is 4.39 Å². The summed E-state index contributed by atoms with van der Waals surface area (Å²) in [6.45, 7) is 0.697. The van der Waals surface area contributed by atoms with E-state index in [0.717, 1.165) is 25.7 Å². The molecule has 2 aliphatic rings. The average Bonchev–Trinajstić information content (AvgIpc) is 2.39. The van der Waals surface area contributed by atoms with Gasteiger partial charge in [0.25, 0.3) is 0 Å². The molecule has 1 aliphatic carbocycles. The number of hydrogen-bond donors (Lipinski definition) is 0. The number of rotatable bonds is 3. The van der Waals surface area contributed by atoms with Gasteiger partial charge >= 0.3 is 0 Å². The molecule has 3 nitrogen and oxygen atoms in total. The highest BCUT2D eigenvalue weighted by atomic mass is 19.1. The van der Waals surface area contributed by atoms with Crippen LogP contribution in [0.25, 0.3) is 0 Å². The summed E-state index contributed by atoms with van der Waals surface area (Å²) in [5, 5.41) is 0. The zero-order valence-corrected chi connectivity index (χ0v) is 10.7. The molecule has 0 N–H and O–H groups in total. The van der Waals surface area contributed by atoms with Crippen molar-refractivity contribution in [2.45, 2.75) is 43.8 Å².